The van der Waals surface area contributed by atoms with Gasteiger partial charge in [0.1, 0.15) is 0 Å². The van der Waals surface area contributed by atoms with Crippen molar-refractivity contribution in [3.63, 3.8) is 0 Å². The second-order valence-corrected chi connectivity index (χ2v) is 9.66. The summed E-state index contributed by atoms with van der Waals surface area (Å²) in [5.41, 5.74) is 0. The monoisotopic (exact) mass is 453 g/mol. The summed E-state index contributed by atoms with van der Waals surface area (Å²) in [4.78, 5) is 34.8. The minimum atomic E-state index is 0.264. The summed E-state index contributed by atoms with van der Waals surface area (Å²) in [6.45, 7) is 14.8. The Labute approximate surface area is 198 Å². The Balaban J connectivity index is 0.000000297. The first-order valence-corrected chi connectivity index (χ1v) is 12.9. The third-order valence-corrected chi connectivity index (χ3v) is 6.45. The molecule has 0 N–H and O–H groups in total. The van der Waals surface area contributed by atoms with Gasteiger partial charge >= 0.3 is 0 Å². The number of hydrogen-bond donors (Lipinski definition) is 0. The summed E-state index contributed by atoms with van der Waals surface area (Å²) >= 11 is 0. The van der Waals surface area contributed by atoms with Crippen molar-refractivity contribution in [1.82, 2.24) is 24.5 Å². The number of nitrogens with zero attached hydrogens (tertiary/aromatic N) is 5. The Bertz CT molecular complexity index is 552. The molecule has 0 aromatic heterocycles. The van der Waals surface area contributed by atoms with E-state index in [-0.39, 0.29) is 5.91 Å². The molecule has 3 aliphatic rings. The highest BCUT2D eigenvalue weighted by molar-refractivity contribution is 5.81. The van der Waals surface area contributed by atoms with E-state index in [1.54, 1.807) is 0 Å². The zero-order valence-electron chi connectivity index (χ0n) is 22.3. The van der Waals surface area contributed by atoms with E-state index in [4.69, 9.17) is 0 Å². The van der Waals surface area contributed by atoms with Crippen LogP contribution in [-0.2, 0) is 9.59 Å². The minimum absolute atomic E-state index is 0.264. The van der Waals surface area contributed by atoms with Crippen LogP contribution in [0.1, 0.15) is 59.8 Å². The van der Waals surface area contributed by atoms with Gasteiger partial charge in [0, 0.05) is 57.3 Å². The Hall–Kier alpha value is -1.18. The highest BCUT2D eigenvalue weighted by Gasteiger charge is 2.37. The molecule has 2 aliphatic heterocycles. The molecule has 2 saturated heterocycles. The fourth-order valence-electron chi connectivity index (χ4n) is 4.50. The molecule has 0 spiro atoms. The standard InChI is InChI=1S/C12H22N2O.C11H23N3O.C2H6/c1-3-4-11-9-13(2)7-8-14(11)12(15)10-5-6-10;1-5-10-8-13(4)6-7-14(10)11(15)9-12(2)3;1-2/h10-11H,3-9H2,1-2H3;10H,5-9H2,1-4H3;1-2H3. The molecule has 7 heteroatoms. The Kier molecular flexibility index (Phi) is 13.4. The van der Waals surface area contributed by atoms with Crippen LogP contribution in [0.5, 0.6) is 0 Å². The normalized spacial score (nSPS) is 24.4. The minimum Gasteiger partial charge on any atom is -0.337 e. The molecule has 2 atom stereocenters. The van der Waals surface area contributed by atoms with Crippen LogP contribution < -0.4 is 0 Å². The maximum atomic E-state index is 12.1. The first kappa shape index (κ1) is 28.9. The molecule has 2 heterocycles. The molecule has 0 bridgehead atoms. The quantitative estimate of drug-likeness (QED) is 0.618. The molecular weight excluding hydrogens is 402 g/mol. The summed E-state index contributed by atoms with van der Waals surface area (Å²) in [5, 5.41) is 0. The molecule has 1 saturated carbocycles. The topological polar surface area (TPSA) is 50.3 Å². The van der Waals surface area contributed by atoms with Gasteiger partial charge in [-0.2, -0.15) is 0 Å². The zero-order valence-corrected chi connectivity index (χ0v) is 22.3. The van der Waals surface area contributed by atoms with Crippen molar-refractivity contribution in [1.29, 1.82) is 0 Å². The Morgan fingerprint density at radius 2 is 1.38 bits per heavy atom. The van der Waals surface area contributed by atoms with Gasteiger partial charge in [0.05, 0.1) is 6.54 Å². The third-order valence-electron chi connectivity index (χ3n) is 6.45. The Morgan fingerprint density at radius 3 is 1.84 bits per heavy atom. The van der Waals surface area contributed by atoms with Crippen LogP contribution in [-0.4, -0.2) is 122 Å². The summed E-state index contributed by atoms with van der Waals surface area (Å²) in [6, 6.07) is 0.873. The molecule has 0 aromatic carbocycles. The van der Waals surface area contributed by atoms with E-state index in [0.29, 0.717) is 30.5 Å². The highest BCUT2D eigenvalue weighted by Crippen LogP contribution is 2.32. The van der Waals surface area contributed by atoms with Crippen LogP contribution >= 0.6 is 0 Å². The lowest BCUT2D eigenvalue weighted by molar-refractivity contribution is -0.138. The zero-order chi connectivity index (χ0) is 24.3. The van der Waals surface area contributed by atoms with E-state index in [1.165, 1.54) is 6.42 Å². The second-order valence-electron chi connectivity index (χ2n) is 9.66. The molecule has 32 heavy (non-hydrogen) atoms. The molecule has 1 aliphatic carbocycles. The van der Waals surface area contributed by atoms with Crippen molar-refractivity contribution in [3.8, 4) is 0 Å². The maximum Gasteiger partial charge on any atom is 0.237 e. The molecular formula is C25H51N5O2. The number of amides is 2. The van der Waals surface area contributed by atoms with Crippen molar-refractivity contribution in [3.05, 3.63) is 0 Å². The first-order valence-electron chi connectivity index (χ1n) is 12.9. The van der Waals surface area contributed by atoms with Gasteiger partial charge in [0.25, 0.3) is 0 Å². The van der Waals surface area contributed by atoms with Gasteiger partial charge in [-0.25, -0.2) is 0 Å². The van der Waals surface area contributed by atoms with Crippen molar-refractivity contribution >= 4 is 11.8 Å². The molecule has 3 fully saturated rings. The molecule has 0 aromatic rings. The van der Waals surface area contributed by atoms with Gasteiger partial charge in [0.15, 0.2) is 0 Å². The predicted octanol–water partition coefficient (Wildman–Crippen LogP) is 2.47. The number of carbonyl (C=O) groups excluding carboxylic acids is 2. The fourth-order valence-corrected chi connectivity index (χ4v) is 4.50. The van der Waals surface area contributed by atoms with Crippen LogP contribution in [0.2, 0.25) is 0 Å². The van der Waals surface area contributed by atoms with Gasteiger partial charge in [0.2, 0.25) is 11.8 Å². The van der Waals surface area contributed by atoms with Gasteiger partial charge in [-0.3, -0.25) is 9.59 Å². The van der Waals surface area contributed by atoms with Crippen molar-refractivity contribution in [2.45, 2.75) is 71.9 Å². The number of rotatable bonds is 6. The number of carbonyl (C=O) groups is 2. The van der Waals surface area contributed by atoms with Crippen LogP contribution in [0.25, 0.3) is 0 Å². The molecule has 7 nitrogen and oxygen atoms in total. The highest BCUT2D eigenvalue weighted by atomic mass is 16.2. The maximum absolute atomic E-state index is 12.1. The summed E-state index contributed by atoms with van der Waals surface area (Å²) < 4.78 is 0. The average Bonchev–Trinajstić information content (AvgIpc) is 3.60. The predicted molar refractivity (Wildman–Crippen MR) is 134 cm³/mol. The van der Waals surface area contributed by atoms with Crippen LogP contribution in [0.3, 0.4) is 0 Å². The van der Waals surface area contributed by atoms with Gasteiger partial charge < -0.3 is 24.5 Å². The van der Waals surface area contributed by atoms with E-state index in [0.717, 1.165) is 65.0 Å². The second kappa shape index (κ2) is 14.9. The van der Waals surface area contributed by atoms with Crippen LogP contribution in [0, 0.1) is 5.92 Å². The number of piperazine rings is 2. The molecule has 2 amide bonds. The van der Waals surface area contributed by atoms with Crippen LogP contribution in [0.15, 0.2) is 0 Å². The number of hydrogen-bond acceptors (Lipinski definition) is 5. The van der Waals surface area contributed by atoms with E-state index in [9.17, 15) is 9.59 Å². The van der Waals surface area contributed by atoms with Crippen molar-refractivity contribution in [2.75, 3.05) is 74.0 Å². The first-order chi connectivity index (χ1) is 15.3. The molecule has 0 radical (unpaired) electrons. The fraction of sp³-hybridized carbons (Fsp3) is 0.920. The lowest BCUT2D eigenvalue weighted by Crippen LogP contribution is -2.55. The summed E-state index contributed by atoms with van der Waals surface area (Å²) in [6.07, 6.45) is 5.63. The summed E-state index contributed by atoms with van der Waals surface area (Å²) in [7, 11) is 8.15. The van der Waals surface area contributed by atoms with Gasteiger partial charge in [-0.05, 0) is 53.9 Å². The summed E-state index contributed by atoms with van der Waals surface area (Å²) in [5.74, 6) is 1.08. The Morgan fingerprint density at radius 1 is 0.844 bits per heavy atom. The van der Waals surface area contributed by atoms with E-state index < -0.39 is 0 Å². The van der Waals surface area contributed by atoms with Crippen molar-refractivity contribution < 1.29 is 9.59 Å². The number of likely N-dealkylation sites (N-methyl/N-ethyl adjacent to an activating group) is 3. The lowest BCUT2D eigenvalue weighted by Gasteiger charge is -2.40. The average molecular weight is 454 g/mol. The smallest absolute Gasteiger partial charge is 0.237 e. The van der Waals surface area contributed by atoms with E-state index in [2.05, 4.69) is 42.6 Å². The van der Waals surface area contributed by atoms with Crippen LogP contribution in [0.4, 0.5) is 0 Å². The van der Waals surface area contributed by atoms with Gasteiger partial charge in [-0.1, -0.05) is 34.1 Å². The SMILES string of the molecule is CC.CCC1CN(C)CCN1C(=O)CN(C)C.CCCC1CN(C)CCN1C(=O)C1CC1. The lowest BCUT2D eigenvalue weighted by atomic mass is 10.1. The molecule has 2 unspecified atom stereocenters. The van der Waals surface area contributed by atoms with Crippen molar-refractivity contribution in [2.24, 2.45) is 5.92 Å². The van der Waals surface area contributed by atoms with E-state index >= 15 is 0 Å². The molecule has 188 valence electrons. The third kappa shape index (κ3) is 9.36. The largest absolute Gasteiger partial charge is 0.337 e. The van der Waals surface area contributed by atoms with Gasteiger partial charge in [-0.15, -0.1) is 0 Å². The van der Waals surface area contributed by atoms with E-state index in [1.807, 2.05) is 37.7 Å². The molecule has 3 rings (SSSR count).